The Morgan fingerprint density at radius 2 is 1.87 bits per heavy atom. The van der Waals surface area contributed by atoms with Crippen LogP contribution in [0.25, 0.3) is 0 Å². The number of carbonyl (C=O) groups is 2. The number of esters is 2. The lowest BCUT2D eigenvalue weighted by molar-refractivity contribution is -0.159. The summed E-state index contributed by atoms with van der Waals surface area (Å²) in [5.74, 6) is -0.834. The largest absolute Gasteiger partial charge is 0.462 e. The van der Waals surface area contributed by atoms with Gasteiger partial charge in [-0.1, -0.05) is 6.92 Å². The Kier molecular flexibility index (Phi) is 7.62. The average Bonchev–Trinajstić information content (AvgIpc) is 2.13. The Morgan fingerprint density at radius 1 is 1.20 bits per heavy atom. The van der Waals surface area contributed by atoms with Crippen LogP contribution in [-0.2, 0) is 23.8 Å². The van der Waals surface area contributed by atoms with Gasteiger partial charge in [0.2, 0.25) is 0 Å². The minimum absolute atomic E-state index is 0.0203. The van der Waals surface area contributed by atoms with E-state index >= 15 is 0 Å². The molecule has 0 rings (SSSR count). The normalized spacial score (nSPS) is 11.9. The first-order chi connectivity index (χ1) is 7.06. The van der Waals surface area contributed by atoms with Crippen molar-refractivity contribution in [2.45, 2.75) is 33.3 Å². The second-order valence-corrected chi connectivity index (χ2v) is 2.94. The van der Waals surface area contributed by atoms with Gasteiger partial charge in [-0.25, -0.2) is 0 Å². The van der Waals surface area contributed by atoms with E-state index in [2.05, 4.69) is 0 Å². The molecule has 5 heteroatoms. The number of hydrogen-bond acceptors (Lipinski definition) is 5. The van der Waals surface area contributed by atoms with Crippen LogP contribution in [0.1, 0.15) is 27.2 Å². The van der Waals surface area contributed by atoms with Crippen molar-refractivity contribution in [3.63, 3.8) is 0 Å². The fraction of sp³-hybridized carbons (Fsp3) is 0.700. The first kappa shape index (κ1) is 13.9. The second-order valence-electron chi connectivity index (χ2n) is 2.94. The van der Waals surface area contributed by atoms with Gasteiger partial charge in [0, 0.05) is 13.8 Å². The SMILES string of the molecule is CC[CH]OCC(COC(C)=O)OC(C)=O. The standard InChI is InChI=1S/C10H17O5/c1-4-5-13-6-10(15-9(3)12)7-14-8(2)11/h5,10H,4,6-7H2,1-3H3. The van der Waals surface area contributed by atoms with Crippen LogP contribution in [0.2, 0.25) is 0 Å². The van der Waals surface area contributed by atoms with Gasteiger partial charge in [0.15, 0.2) is 6.10 Å². The van der Waals surface area contributed by atoms with Crippen LogP contribution < -0.4 is 0 Å². The van der Waals surface area contributed by atoms with Crippen LogP contribution in [0.5, 0.6) is 0 Å². The highest BCUT2D eigenvalue weighted by Gasteiger charge is 2.13. The summed E-state index contributed by atoms with van der Waals surface area (Å²) in [5.41, 5.74) is 0. The predicted molar refractivity (Wildman–Crippen MR) is 52.7 cm³/mol. The number of carbonyl (C=O) groups excluding carboxylic acids is 2. The molecule has 0 aliphatic carbocycles. The van der Waals surface area contributed by atoms with Gasteiger partial charge in [0.05, 0.1) is 13.2 Å². The zero-order valence-corrected chi connectivity index (χ0v) is 9.32. The summed E-state index contributed by atoms with van der Waals surface area (Å²) < 4.78 is 14.7. The van der Waals surface area contributed by atoms with Crippen molar-refractivity contribution in [1.82, 2.24) is 0 Å². The lowest BCUT2D eigenvalue weighted by Crippen LogP contribution is -2.28. The monoisotopic (exact) mass is 217 g/mol. The third-order valence-corrected chi connectivity index (χ3v) is 1.37. The smallest absolute Gasteiger partial charge is 0.303 e. The third-order valence-electron chi connectivity index (χ3n) is 1.37. The van der Waals surface area contributed by atoms with Crippen molar-refractivity contribution in [2.75, 3.05) is 13.2 Å². The van der Waals surface area contributed by atoms with E-state index in [0.29, 0.717) is 0 Å². The molecular formula is C10H17O5. The highest BCUT2D eigenvalue weighted by molar-refractivity contribution is 5.67. The fourth-order valence-electron chi connectivity index (χ4n) is 0.854. The number of rotatable bonds is 7. The number of ether oxygens (including phenoxy) is 3. The zero-order chi connectivity index (χ0) is 11.7. The van der Waals surface area contributed by atoms with Gasteiger partial charge in [-0.15, -0.1) is 0 Å². The lowest BCUT2D eigenvalue weighted by atomic mass is 10.4. The fourth-order valence-corrected chi connectivity index (χ4v) is 0.854. The van der Waals surface area contributed by atoms with Gasteiger partial charge in [0.25, 0.3) is 0 Å². The molecular weight excluding hydrogens is 200 g/mol. The maximum atomic E-state index is 10.7. The highest BCUT2D eigenvalue weighted by Crippen LogP contribution is 1.99. The Labute approximate surface area is 89.7 Å². The summed E-state index contributed by atoms with van der Waals surface area (Å²) >= 11 is 0. The van der Waals surface area contributed by atoms with E-state index in [0.717, 1.165) is 6.42 Å². The Balaban J connectivity index is 3.83. The van der Waals surface area contributed by atoms with E-state index in [1.165, 1.54) is 13.8 Å². The molecule has 1 unspecified atom stereocenters. The summed E-state index contributed by atoms with van der Waals surface area (Å²) in [4.78, 5) is 21.3. The zero-order valence-electron chi connectivity index (χ0n) is 9.32. The van der Waals surface area contributed by atoms with E-state index < -0.39 is 18.0 Å². The van der Waals surface area contributed by atoms with Crippen LogP contribution >= 0.6 is 0 Å². The molecule has 0 saturated heterocycles. The Hall–Kier alpha value is -1.10. The second kappa shape index (κ2) is 8.23. The molecule has 87 valence electrons. The van der Waals surface area contributed by atoms with Crippen LogP contribution in [0.15, 0.2) is 0 Å². The summed E-state index contributed by atoms with van der Waals surface area (Å²) in [6.45, 7) is 6.33. The third kappa shape index (κ3) is 9.21. The van der Waals surface area contributed by atoms with Crippen LogP contribution in [-0.4, -0.2) is 31.3 Å². The van der Waals surface area contributed by atoms with Crippen LogP contribution in [0.4, 0.5) is 0 Å². The minimum Gasteiger partial charge on any atom is -0.462 e. The molecule has 0 aliphatic heterocycles. The van der Waals surface area contributed by atoms with Gasteiger partial charge in [0.1, 0.15) is 6.61 Å². The first-order valence-electron chi connectivity index (χ1n) is 4.80. The molecule has 1 atom stereocenters. The molecule has 0 amide bonds. The maximum Gasteiger partial charge on any atom is 0.303 e. The summed E-state index contributed by atoms with van der Waals surface area (Å²) in [7, 11) is 0. The average molecular weight is 217 g/mol. The van der Waals surface area contributed by atoms with E-state index in [-0.39, 0.29) is 13.2 Å². The van der Waals surface area contributed by atoms with Crippen molar-refractivity contribution in [2.24, 2.45) is 0 Å². The molecule has 1 radical (unpaired) electrons. The molecule has 0 heterocycles. The van der Waals surface area contributed by atoms with Gasteiger partial charge >= 0.3 is 11.9 Å². The quantitative estimate of drug-likeness (QED) is 0.471. The Morgan fingerprint density at radius 3 is 2.33 bits per heavy atom. The van der Waals surface area contributed by atoms with Gasteiger partial charge in [-0.3, -0.25) is 9.59 Å². The topological polar surface area (TPSA) is 61.8 Å². The molecule has 0 spiro atoms. The molecule has 15 heavy (non-hydrogen) atoms. The molecule has 0 bridgehead atoms. The predicted octanol–water partition coefficient (Wildman–Crippen LogP) is 1.07. The van der Waals surface area contributed by atoms with Crippen molar-refractivity contribution < 1.29 is 23.8 Å². The summed E-state index contributed by atoms with van der Waals surface area (Å²) in [6, 6.07) is 0. The van der Waals surface area contributed by atoms with Gasteiger partial charge < -0.3 is 14.2 Å². The van der Waals surface area contributed by atoms with E-state index in [1.54, 1.807) is 6.61 Å². The summed E-state index contributed by atoms with van der Waals surface area (Å²) in [5, 5.41) is 0. The molecule has 0 saturated carbocycles. The van der Waals surface area contributed by atoms with Gasteiger partial charge in [-0.05, 0) is 6.42 Å². The summed E-state index contributed by atoms with van der Waals surface area (Å²) in [6.07, 6.45) is 0.217. The molecule has 5 nitrogen and oxygen atoms in total. The Bertz CT molecular complexity index is 202. The van der Waals surface area contributed by atoms with Crippen LogP contribution in [0.3, 0.4) is 0 Å². The van der Waals surface area contributed by atoms with Crippen molar-refractivity contribution >= 4 is 11.9 Å². The number of hydrogen-bond donors (Lipinski definition) is 0. The van der Waals surface area contributed by atoms with Crippen molar-refractivity contribution in [3.05, 3.63) is 6.61 Å². The van der Waals surface area contributed by atoms with Crippen molar-refractivity contribution in [3.8, 4) is 0 Å². The highest BCUT2D eigenvalue weighted by atomic mass is 16.6. The van der Waals surface area contributed by atoms with E-state index in [4.69, 9.17) is 14.2 Å². The van der Waals surface area contributed by atoms with Gasteiger partial charge in [-0.2, -0.15) is 0 Å². The lowest BCUT2D eigenvalue weighted by Gasteiger charge is -2.16. The molecule has 0 aliphatic rings. The molecule has 0 aromatic heterocycles. The van der Waals surface area contributed by atoms with Crippen molar-refractivity contribution in [1.29, 1.82) is 0 Å². The first-order valence-corrected chi connectivity index (χ1v) is 4.80. The molecule has 0 N–H and O–H groups in total. The van der Waals surface area contributed by atoms with E-state index in [9.17, 15) is 9.59 Å². The molecule has 0 fully saturated rings. The van der Waals surface area contributed by atoms with Crippen LogP contribution in [0, 0.1) is 6.61 Å². The maximum absolute atomic E-state index is 10.7. The molecule has 0 aromatic carbocycles. The van der Waals surface area contributed by atoms with E-state index in [1.807, 2.05) is 6.92 Å². The minimum atomic E-state index is -0.547. The molecule has 0 aromatic rings.